The molecule has 1 aromatic carbocycles. The van der Waals surface area contributed by atoms with Crippen molar-refractivity contribution in [3.8, 4) is 0 Å². The first-order valence-electron chi connectivity index (χ1n) is 7.42. The molecule has 104 valence electrons. The van der Waals surface area contributed by atoms with Gasteiger partial charge in [-0.25, -0.2) is 4.98 Å². The first-order chi connectivity index (χ1) is 9.69. The minimum absolute atomic E-state index is 0.138. The molecule has 2 aromatic rings. The van der Waals surface area contributed by atoms with Gasteiger partial charge in [0.25, 0.3) is 5.91 Å². The van der Waals surface area contributed by atoms with Crippen molar-refractivity contribution in [3.05, 3.63) is 30.1 Å². The third-order valence-electron chi connectivity index (χ3n) is 5.12. The maximum Gasteiger partial charge on any atom is 0.256 e. The number of hydrogen-bond donors (Lipinski definition) is 1. The van der Waals surface area contributed by atoms with Crippen LogP contribution in [0.5, 0.6) is 0 Å². The Bertz CT molecular complexity index is 671. The van der Waals surface area contributed by atoms with Gasteiger partial charge in [-0.05, 0) is 43.7 Å². The molecule has 4 heteroatoms. The van der Waals surface area contributed by atoms with E-state index in [2.05, 4.69) is 21.8 Å². The summed E-state index contributed by atoms with van der Waals surface area (Å²) in [5, 5.41) is 0. The van der Waals surface area contributed by atoms with E-state index >= 15 is 0 Å². The number of aromatic amines is 1. The lowest BCUT2D eigenvalue weighted by Crippen LogP contribution is -2.37. The number of fused-ring (bicyclic) bond motifs is 1. The molecule has 1 atom stereocenters. The molecule has 2 heterocycles. The molecular formula is C16H19N3O. The van der Waals surface area contributed by atoms with Gasteiger partial charge in [0.1, 0.15) is 5.52 Å². The molecule has 20 heavy (non-hydrogen) atoms. The molecule has 0 unspecified atom stereocenters. The number of hydrogen-bond acceptors (Lipinski definition) is 2. The van der Waals surface area contributed by atoms with Crippen LogP contribution in [0.1, 0.15) is 43.0 Å². The van der Waals surface area contributed by atoms with Crippen molar-refractivity contribution in [3.63, 3.8) is 0 Å². The summed E-state index contributed by atoms with van der Waals surface area (Å²) in [6, 6.07) is 6.12. The number of carbonyl (C=O) groups is 1. The number of rotatable bonds is 1. The SMILES string of the molecule is C[C@H]1CC2(CCC2)CN1C(=O)c1cccc2[nH]cnc12. The summed E-state index contributed by atoms with van der Waals surface area (Å²) in [6.45, 7) is 3.10. The molecule has 1 saturated carbocycles. The Morgan fingerprint density at radius 3 is 3.00 bits per heavy atom. The molecule has 4 rings (SSSR count). The Kier molecular flexibility index (Phi) is 2.43. The summed E-state index contributed by atoms with van der Waals surface area (Å²) >= 11 is 0. The lowest BCUT2D eigenvalue weighted by Gasteiger charge is -2.37. The number of nitrogens with one attached hydrogen (secondary N) is 1. The molecule has 1 saturated heterocycles. The molecule has 1 aromatic heterocycles. The summed E-state index contributed by atoms with van der Waals surface area (Å²) in [4.78, 5) is 22.3. The largest absolute Gasteiger partial charge is 0.345 e. The number of aromatic nitrogens is 2. The second kappa shape index (κ2) is 4.08. The zero-order valence-corrected chi connectivity index (χ0v) is 11.7. The van der Waals surface area contributed by atoms with Gasteiger partial charge in [-0.15, -0.1) is 0 Å². The minimum atomic E-state index is 0.138. The number of H-pyrrole nitrogens is 1. The number of benzene rings is 1. The van der Waals surface area contributed by atoms with Crippen LogP contribution in [0.15, 0.2) is 24.5 Å². The van der Waals surface area contributed by atoms with Crippen LogP contribution in [0.4, 0.5) is 0 Å². The Morgan fingerprint density at radius 1 is 1.45 bits per heavy atom. The number of imidazole rings is 1. The maximum absolute atomic E-state index is 12.9. The summed E-state index contributed by atoms with van der Waals surface area (Å²) in [7, 11) is 0. The number of para-hydroxylation sites is 1. The molecule has 2 fully saturated rings. The minimum Gasteiger partial charge on any atom is -0.345 e. The Balaban J connectivity index is 1.69. The molecule has 1 N–H and O–H groups in total. The van der Waals surface area contributed by atoms with Crippen molar-refractivity contribution in [2.45, 2.75) is 38.6 Å². The van der Waals surface area contributed by atoms with Gasteiger partial charge in [-0.2, -0.15) is 0 Å². The summed E-state index contributed by atoms with van der Waals surface area (Å²) < 4.78 is 0. The average Bonchev–Trinajstić information content (AvgIpc) is 3.00. The van der Waals surface area contributed by atoms with Crippen molar-refractivity contribution in [1.82, 2.24) is 14.9 Å². The molecule has 4 nitrogen and oxygen atoms in total. The van der Waals surface area contributed by atoms with Crippen molar-refractivity contribution >= 4 is 16.9 Å². The highest BCUT2D eigenvalue weighted by Gasteiger charge is 2.47. The van der Waals surface area contributed by atoms with Gasteiger partial charge in [0, 0.05) is 12.6 Å². The van der Waals surface area contributed by atoms with Crippen LogP contribution in [0.2, 0.25) is 0 Å². The van der Waals surface area contributed by atoms with Gasteiger partial charge in [-0.3, -0.25) is 4.79 Å². The summed E-state index contributed by atoms with van der Waals surface area (Å²) in [5.41, 5.74) is 2.88. The molecule has 2 aliphatic rings. The molecule has 1 aliphatic carbocycles. The van der Waals surface area contributed by atoms with Crippen LogP contribution >= 0.6 is 0 Å². The lowest BCUT2D eigenvalue weighted by atomic mass is 9.68. The van der Waals surface area contributed by atoms with E-state index in [0.717, 1.165) is 29.6 Å². The average molecular weight is 269 g/mol. The van der Waals surface area contributed by atoms with Gasteiger partial charge in [-0.1, -0.05) is 12.5 Å². The normalized spacial score (nSPS) is 24.2. The van der Waals surface area contributed by atoms with Crippen molar-refractivity contribution in [1.29, 1.82) is 0 Å². The van der Waals surface area contributed by atoms with Crippen molar-refractivity contribution in [2.75, 3.05) is 6.54 Å². The first kappa shape index (κ1) is 11.9. The van der Waals surface area contributed by atoms with E-state index in [0.29, 0.717) is 11.5 Å². The molecular weight excluding hydrogens is 250 g/mol. The molecule has 1 amide bonds. The highest BCUT2D eigenvalue weighted by molar-refractivity contribution is 6.05. The zero-order chi connectivity index (χ0) is 13.7. The summed E-state index contributed by atoms with van der Waals surface area (Å²) in [6.07, 6.45) is 6.71. The third kappa shape index (κ3) is 1.60. The molecule has 1 spiro atoms. The fourth-order valence-electron chi connectivity index (χ4n) is 3.92. The fourth-order valence-corrected chi connectivity index (χ4v) is 3.92. The Morgan fingerprint density at radius 2 is 2.30 bits per heavy atom. The van der Waals surface area contributed by atoms with Gasteiger partial charge >= 0.3 is 0 Å². The van der Waals surface area contributed by atoms with Gasteiger partial charge in [0.05, 0.1) is 17.4 Å². The van der Waals surface area contributed by atoms with Crippen molar-refractivity contribution < 1.29 is 4.79 Å². The molecule has 1 aliphatic heterocycles. The van der Waals surface area contributed by atoms with Crippen LogP contribution in [0, 0.1) is 5.41 Å². The number of likely N-dealkylation sites (tertiary alicyclic amines) is 1. The van der Waals surface area contributed by atoms with Gasteiger partial charge in [0.2, 0.25) is 0 Å². The second-order valence-corrected chi connectivity index (χ2v) is 6.44. The standard InChI is InChI=1S/C16H19N3O/c1-11-8-16(6-3-7-16)9-19(11)15(20)12-4-2-5-13-14(12)18-10-17-13/h2,4-5,10-11H,3,6-9H2,1H3,(H,17,18)/t11-/m0/s1. The number of nitrogens with zero attached hydrogens (tertiary/aromatic N) is 2. The van der Waals surface area contributed by atoms with E-state index in [1.165, 1.54) is 19.3 Å². The predicted octanol–water partition coefficient (Wildman–Crippen LogP) is 2.97. The van der Waals surface area contributed by atoms with Crippen LogP contribution in [-0.2, 0) is 0 Å². The quantitative estimate of drug-likeness (QED) is 0.865. The highest BCUT2D eigenvalue weighted by atomic mass is 16.2. The van der Waals surface area contributed by atoms with E-state index in [4.69, 9.17) is 0 Å². The van der Waals surface area contributed by atoms with Crippen LogP contribution in [0.3, 0.4) is 0 Å². The second-order valence-electron chi connectivity index (χ2n) is 6.44. The zero-order valence-electron chi connectivity index (χ0n) is 11.7. The van der Waals surface area contributed by atoms with E-state index in [9.17, 15) is 4.79 Å². The van der Waals surface area contributed by atoms with E-state index in [1.807, 2.05) is 18.2 Å². The Hall–Kier alpha value is -1.84. The number of amides is 1. The van der Waals surface area contributed by atoms with E-state index in [1.54, 1.807) is 6.33 Å². The molecule has 0 bridgehead atoms. The van der Waals surface area contributed by atoms with Crippen LogP contribution in [0.25, 0.3) is 11.0 Å². The van der Waals surface area contributed by atoms with E-state index < -0.39 is 0 Å². The van der Waals surface area contributed by atoms with Gasteiger partial charge < -0.3 is 9.88 Å². The lowest BCUT2D eigenvalue weighted by molar-refractivity contribution is 0.0702. The van der Waals surface area contributed by atoms with Crippen LogP contribution in [-0.4, -0.2) is 33.4 Å². The Labute approximate surface area is 118 Å². The monoisotopic (exact) mass is 269 g/mol. The maximum atomic E-state index is 12.9. The topological polar surface area (TPSA) is 49.0 Å². The third-order valence-corrected chi connectivity index (χ3v) is 5.12. The fraction of sp³-hybridized carbons (Fsp3) is 0.500. The number of carbonyl (C=O) groups excluding carboxylic acids is 1. The predicted molar refractivity (Wildman–Crippen MR) is 77.5 cm³/mol. The smallest absolute Gasteiger partial charge is 0.256 e. The highest BCUT2D eigenvalue weighted by Crippen LogP contribution is 2.50. The van der Waals surface area contributed by atoms with Crippen LogP contribution < -0.4 is 0 Å². The van der Waals surface area contributed by atoms with E-state index in [-0.39, 0.29) is 5.91 Å². The molecule has 0 radical (unpaired) electrons. The summed E-state index contributed by atoms with van der Waals surface area (Å²) in [5.74, 6) is 0.138. The van der Waals surface area contributed by atoms with Gasteiger partial charge in [0.15, 0.2) is 0 Å². The first-order valence-corrected chi connectivity index (χ1v) is 7.42. The van der Waals surface area contributed by atoms with Crippen molar-refractivity contribution in [2.24, 2.45) is 5.41 Å².